The van der Waals surface area contributed by atoms with E-state index in [1.165, 1.54) is 4.57 Å². The summed E-state index contributed by atoms with van der Waals surface area (Å²) in [4.78, 5) is 25.8. The lowest BCUT2D eigenvalue weighted by Crippen LogP contribution is -2.34. The van der Waals surface area contributed by atoms with Crippen molar-refractivity contribution in [2.75, 3.05) is 13.2 Å². The van der Waals surface area contributed by atoms with Crippen LogP contribution in [-0.4, -0.2) is 34.9 Å². The van der Waals surface area contributed by atoms with Gasteiger partial charge in [-0.1, -0.05) is 6.92 Å². The fourth-order valence-corrected chi connectivity index (χ4v) is 2.46. The second-order valence-electron chi connectivity index (χ2n) is 4.77. The first kappa shape index (κ1) is 15.0. The normalized spacial score (nSPS) is 26.1. The predicted molar refractivity (Wildman–Crippen MR) is 73.7 cm³/mol. The molecule has 0 aromatic carbocycles. The first-order valence-electron chi connectivity index (χ1n) is 6.92. The van der Waals surface area contributed by atoms with Crippen LogP contribution in [-0.2, 0) is 15.9 Å². The second-order valence-corrected chi connectivity index (χ2v) is 4.77. The molecule has 1 fully saturated rings. The van der Waals surface area contributed by atoms with Crippen molar-refractivity contribution in [3.63, 3.8) is 0 Å². The summed E-state index contributed by atoms with van der Waals surface area (Å²) in [6.07, 6.45) is 1.85. The van der Waals surface area contributed by atoms with Crippen molar-refractivity contribution in [2.45, 2.75) is 45.1 Å². The molecule has 0 saturated carbocycles. The SMILES string of the molecule is CCOC1C[C@@H](n2cc(CC)c(=O)[nH]c2=O)O[C@H]1CN. The molecule has 20 heavy (non-hydrogen) atoms. The van der Waals surface area contributed by atoms with Crippen molar-refractivity contribution in [2.24, 2.45) is 5.73 Å². The Balaban J connectivity index is 2.29. The minimum Gasteiger partial charge on any atom is -0.376 e. The number of nitrogens with two attached hydrogens (primary N) is 1. The third kappa shape index (κ3) is 2.84. The highest BCUT2D eigenvalue weighted by Gasteiger charge is 2.36. The van der Waals surface area contributed by atoms with Crippen LogP contribution >= 0.6 is 0 Å². The molecule has 112 valence electrons. The summed E-state index contributed by atoms with van der Waals surface area (Å²) in [7, 11) is 0. The summed E-state index contributed by atoms with van der Waals surface area (Å²) in [6, 6.07) is 0. The standard InChI is InChI=1S/C13H21N3O4/c1-3-8-7-16(13(18)15-12(8)17)11-5-9(19-4-2)10(6-14)20-11/h7,9-11H,3-6,14H2,1-2H3,(H,15,17,18)/t9?,10-,11-/m0/s1. The Bertz CT molecular complexity index is 565. The van der Waals surface area contributed by atoms with Gasteiger partial charge in [0.1, 0.15) is 6.23 Å². The van der Waals surface area contributed by atoms with Crippen molar-refractivity contribution < 1.29 is 9.47 Å². The van der Waals surface area contributed by atoms with Gasteiger partial charge in [0.05, 0.1) is 12.2 Å². The van der Waals surface area contributed by atoms with Gasteiger partial charge in [-0.2, -0.15) is 0 Å². The Hall–Kier alpha value is -1.44. The summed E-state index contributed by atoms with van der Waals surface area (Å²) < 4.78 is 12.8. The molecular weight excluding hydrogens is 262 g/mol. The number of aromatic amines is 1. The van der Waals surface area contributed by atoms with Crippen LogP contribution in [0, 0.1) is 0 Å². The Kier molecular flexibility index (Phi) is 4.74. The molecule has 1 unspecified atom stereocenters. The molecule has 0 aliphatic carbocycles. The number of ether oxygens (including phenoxy) is 2. The van der Waals surface area contributed by atoms with E-state index in [0.29, 0.717) is 31.6 Å². The number of nitrogens with zero attached hydrogens (tertiary/aromatic N) is 1. The van der Waals surface area contributed by atoms with Crippen LogP contribution in [0.25, 0.3) is 0 Å². The van der Waals surface area contributed by atoms with Crippen LogP contribution in [0.15, 0.2) is 15.8 Å². The van der Waals surface area contributed by atoms with Gasteiger partial charge in [-0.25, -0.2) is 4.79 Å². The smallest absolute Gasteiger partial charge is 0.330 e. The van der Waals surface area contributed by atoms with Crippen LogP contribution in [0.3, 0.4) is 0 Å². The number of hydrogen-bond acceptors (Lipinski definition) is 5. The Morgan fingerprint density at radius 3 is 2.85 bits per heavy atom. The monoisotopic (exact) mass is 283 g/mol. The molecule has 1 aliphatic rings. The van der Waals surface area contributed by atoms with E-state index in [2.05, 4.69) is 4.98 Å². The van der Waals surface area contributed by atoms with E-state index in [-0.39, 0.29) is 17.8 Å². The van der Waals surface area contributed by atoms with Gasteiger partial charge < -0.3 is 15.2 Å². The molecule has 2 rings (SSSR count). The lowest BCUT2D eigenvalue weighted by atomic mass is 10.1. The van der Waals surface area contributed by atoms with E-state index >= 15 is 0 Å². The molecule has 3 atom stereocenters. The molecule has 1 saturated heterocycles. The summed E-state index contributed by atoms with van der Waals surface area (Å²) in [5.41, 5.74) is 5.40. The van der Waals surface area contributed by atoms with Gasteiger partial charge in [-0.05, 0) is 13.3 Å². The zero-order valence-corrected chi connectivity index (χ0v) is 11.8. The second kappa shape index (κ2) is 6.34. The third-order valence-electron chi connectivity index (χ3n) is 3.53. The van der Waals surface area contributed by atoms with E-state index in [0.717, 1.165) is 0 Å². The lowest BCUT2D eigenvalue weighted by Gasteiger charge is -2.16. The average Bonchev–Trinajstić information content (AvgIpc) is 2.82. The number of nitrogens with one attached hydrogen (secondary N) is 1. The maximum absolute atomic E-state index is 11.9. The molecule has 0 bridgehead atoms. The molecule has 1 aromatic heterocycles. The van der Waals surface area contributed by atoms with Gasteiger partial charge in [-0.15, -0.1) is 0 Å². The zero-order chi connectivity index (χ0) is 14.7. The number of aryl methyl sites for hydroxylation is 1. The van der Waals surface area contributed by atoms with E-state index in [4.69, 9.17) is 15.2 Å². The lowest BCUT2D eigenvalue weighted by molar-refractivity contribution is -0.0319. The molecule has 0 spiro atoms. The summed E-state index contributed by atoms with van der Waals surface area (Å²) in [6.45, 7) is 4.67. The van der Waals surface area contributed by atoms with Crippen LogP contribution < -0.4 is 17.0 Å². The minimum absolute atomic E-state index is 0.126. The maximum Gasteiger partial charge on any atom is 0.330 e. The number of aromatic nitrogens is 2. The van der Waals surface area contributed by atoms with E-state index in [1.807, 2.05) is 13.8 Å². The molecular formula is C13H21N3O4. The van der Waals surface area contributed by atoms with Crippen LogP contribution in [0.5, 0.6) is 0 Å². The minimum atomic E-state index is -0.467. The Morgan fingerprint density at radius 2 is 2.25 bits per heavy atom. The molecule has 1 aliphatic heterocycles. The molecule has 1 aromatic rings. The zero-order valence-electron chi connectivity index (χ0n) is 11.8. The van der Waals surface area contributed by atoms with Crippen molar-refractivity contribution in [3.8, 4) is 0 Å². The Labute approximate surface area is 116 Å². The highest BCUT2D eigenvalue weighted by molar-refractivity contribution is 5.04. The molecule has 0 amide bonds. The average molecular weight is 283 g/mol. The summed E-state index contributed by atoms with van der Waals surface area (Å²) in [5, 5.41) is 0. The molecule has 3 N–H and O–H groups in total. The van der Waals surface area contributed by atoms with Gasteiger partial charge in [0.15, 0.2) is 0 Å². The van der Waals surface area contributed by atoms with Gasteiger partial charge in [-0.3, -0.25) is 14.3 Å². The van der Waals surface area contributed by atoms with Crippen molar-refractivity contribution in [1.82, 2.24) is 9.55 Å². The molecule has 0 radical (unpaired) electrons. The van der Waals surface area contributed by atoms with Crippen LogP contribution in [0.2, 0.25) is 0 Å². The van der Waals surface area contributed by atoms with Gasteiger partial charge in [0.25, 0.3) is 5.56 Å². The number of rotatable bonds is 5. The topological polar surface area (TPSA) is 99.3 Å². The molecule has 2 heterocycles. The highest BCUT2D eigenvalue weighted by Crippen LogP contribution is 2.29. The van der Waals surface area contributed by atoms with Gasteiger partial charge >= 0.3 is 5.69 Å². The fraction of sp³-hybridized carbons (Fsp3) is 0.692. The van der Waals surface area contributed by atoms with E-state index < -0.39 is 11.9 Å². The fourth-order valence-electron chi connectivity index (χ4n) is 2.46. The molecule has 7 nitrogen and oxygen atoms in total. The Morgan fingerprint density at radius 1 is 1.50 bits per heavy atom. The molecule has 7 heteroatoms. The summed E-state index contributed by atoms with van der Waals surface area (Å²) in [5.74, 6) is 0. The van der Waals surface area contributed by atoms with E-state index in [1.54, 1.807) is 6.20 Å². The van der Waals surface area contributed by atoms with Gasteiger partial charge in [0, 0.05) is 31.3 Å². The van der Waals surface area contributed by atoms with Crippen LogP contribution in [0.4, 0.5) is 0 Å². The van der Waals surface area contributed by atoms with E-state index in [9.17, 15) is 9.59 Å². The largest absolute Gasteiger partial charge is 0.376 e. The van der Waals surface area contributed by atoms with Crippen molar-refractivity contribution in [1.29, 1.82) is 0 Å². The highest BCUT2D eigenvalue weighted by atomic mass is 16.6. The van der Waals surface area contributed by atoms with Gasteiger partial charge in [0.2, 0.25) is 0 Å². The first-order valence-corrected chi connectivity index (χ1v) is 6.92. The van der Waals surface area contributed by atoms with Crippen molar-refractivity contribution in [3.05, 3.63) is 32.6 Å². The van der Waals surface area contributed by atoms with Crippen LogP contribution in [0.1, 0.15) is 32.1 Å². The summed E-state index contributed by atoms with van der Waals surface area (Å²) >= 11 is 0. The maximum atomic E-state index is 11.9. The quantitative estimate of drug-likeness (QED) is 0.776. The van der Waals surface area contributed by atoms with Crippen molar-refractivity contribution >= 4 is 0 Å². The third-order valence-corrected chi connectivity index (χ3v) is 3.53. The predicted octanol–water partition coefficient (Wildman–Crippen LogP) is -0.250. The first-order chi connectivity index (χ1) is 9.60. The number of H-pyrrole nitrogens is 1. The number of hydrogen-bond donors (Lipinski definition) is 2.